The Labute approximate surface area is 132 Å². The van der Waals surface area contributed by atoms with Crippen LogP contribution in [0, 0.1) is 13.8 Å². The molecule has 0 aliphatic carbocycles. The molecule has 0 aliphatic rings. The van der Waals surface area contributed by atoms with Crippen molar-refractivity contribution in [2.45, 2.75) is 20.4 Å². The van der Waals surface area contributed by atoms with Crippen molar-refractivity contribution in [1.82, 2.24) is 20.2 Å². The van der Waals surface area contributed by atoms with E-state index in [1.54, 1.807) is 38.2 Å². The summed E-state index contributed by atoms with van der Waals surface area (Å²) in [5.74, 6) is 0.942. The average Bonchev–Trinajstić information content (AvgIpc) is 3.14. The van der Waals surface area contributed by atoms with E-state index in [2.05, 4.69) is 15.3 Å². The van der Waals surface area contributed by atoms with Crippen LogP contribution in [0.4, 0.5) is 0 Å². The van der Waals surface area contributed by atoms with E-state index in [-0.39, 0.29) is 5.91 Å². The second-order valence-electron chi connectivity index (χ2n) is 5.27. The van der Waals surface area contributed by atoms with Crippen LogP contribution in [-0.4, -0.2) is 33.2 Å². The Bertz CT molecular complexity index is 803. The fraction of sp³-hybridized carbons (Fsp3) is 0.250. The Morgan fingerprint density at radius 1 is 1.17 bits per heavy atom. The molecule has 0 saturated carbocycles. The number of pyridine rings is 1. The highest BCUT2D eigenvalue weighted by molar-refractivity contribution is 5.95. The van der Waals surface area contributed by atoms with Gasteiger partial charge in [0.1, 0.15) is 17.0 Å². The van der Waals surface area contributed by atoms with E-state index in [4.69, 9.17) is 9.05 Å². The molecule has 0 spiro atoms. The Morgan fingerprint density at radius 2 is 1.91 bits per heavy atom. The summed E-state index contributed by atoms with van der Waals surface area (Å²) in [6, 6.07) is 5.51. The first-order chi connectivity index (χ1) is 11.1. The molecule has 0 atom stereocenters. The number of rotatable bonds is 4. The standard InChI is InChI=1S/C16H16N4O3/c1-10-15(11(2)22-18-10)16(21)20(3)9-13-8-14(19-23-13)12-4-6-17-7-5-12/h4-8H,9H2,1-3H3. The van der Waals surface area contributed by atoms with Crippen LogP contribution in [0.5, 0.6) is 0 Å². The zero-order chi connectivity index (χ0) is 16.4. The fourth-order valence-electron chi connectivity index (χ4n) is 2.33. The summed E-state index contributed by atoms with van der Waals surface area (Å²) in [4.78, 5) is 18.0. The largest absolute Gasteiger partial charge is 0.361 e. The van der Waals surface area contributed by atoms with Gasteiger partial charge in [-0.25, -0.2) is 0 Å². The Hall–Kier alpha value is -2.96. The van der Waals surface area contributed by atoms with Crippen molar-refractivity contribution in [2.24, 2.45) is 0 Å². The van der Waals surface area contributed by atoms with Gasteiger partial charge in [-0.05, 0) is 26.0 Å². The third-order valence-corrected chi connectivity index (χ3v) is 3.52. The Morgan fingerprint density at radius 3 is 2.57 bits per heavy atom. The van der Waals surface area contributed by atoms with E-state index in [0.717, 1.165) is 5.56 Å². The van der Waals surface area contributed by atoms with E-state index in [1.165, 1.54) is 0 Å². The highest BCUT2D eigenvalue weighted by Gasteiger charge is 2.22. The molecule has 3 heterocycles. The highest BCUT2D eigenvalue weighted by Crippen LogP contribution is 2.20. The number of hydrogen-bond acceptors (Lipinski definition) is 6. The molecule has 3 aromatic heterocycles. The molecule has 0 bridgehead atoms. The first-order valence-electron chi connectivity index (χ1n) is 7.10. The van der Waals surface area contributed by atoms with Crippen molar-refractivity contribution < 1.29 is 13.8 Å². The van der Waals surface area contributed by atoms with Gasteiger partial charge >= 0.3 is 0 Å². The maximum absolute atomic E-state index is 12.5. The molecule has 7 nitrogen and oxygen atoms in total. The number of carbonyl (C=O) groups excluding carboxylic acids is 1. The van der Waals surface area contributed by atoms with Gasteiger partial charge in [0.2, 0.25) is 0 Å². The van der Waals surface area contributed by atoms with Gasteiger partial charge in [0, 0.05) is 31.1 Å². The van der Waals surface area contributed by atoms with Crippen molar-refractivity contribution in [3.63, 3.8) is 0 Å². The molecule has 0 radical (unpaired) electrons. The van der Waals surface area contributed by atoms with Crippen LogP contribution < -0.4 is 0 Å². The summed E-state index contributed by atoms with van der Waals surface area (Å²) in [6.07, 6.45) is 3.38. The van der Waals surface area contributed by atoms with E-state index in [9.17, 15) is 4.79 Å². The van der Waals surface area contributed by atoms with Crippen LogP contribution in [0.2, 0.25) is 0 Å². The van der Waals surface area contributed by atoms with Gasteiger partial charge in [0.05, 0.1) is 12.2 Å². The minimum Gasteiger partial charge on any atom is -0.361 e. The number of hydrogen-bond donors (Lipinski definition) is 0. The third-order valence-electron chi connectivity index (χ3n) is 3.52. The van der Waals surface area contributed by atoms with Crippen LogP contribution in [0.25, 0.3) is 11.3 Å². The van der Waals surface area contributed by atoms with E-state index >= 15 is 0 Å². The van der Waals surface area contributed by atoms with E-state index in [0.29, 0.717) is 35.0 Å². The lowest BCUT2D eigenvalue weighted by atomic mass is 10.1. The predicted octanol–water partition coefficient (Wildman–Crippen LogP) is 2.61. The lowest BCUT2D eigenvalue weighted by molar-refractivity contribution is 0.0770. The quantitative estimate of drug-likeness (QED) is 0.736. The van der Waals surface area contributed by atoms with E-state index in [1.807, 2.05) is 18.2 Å². The van der Waals surface area contributed by atoms with Crippen LogP contribution in [0.15, 0.2) is 39.6 Å². The summed E-state index contributed by atoms with van der Waals surface area (Å²) < 4.78 is 10.4. The Kier molecular flexibility index (Phi) is 3.92. The summed E-state index contributed by atoms with van der Waals surface area (Å²) >= 11 is 0. The van der Waals surface area contributed by atoms with E-state index < -0.39 is 0 Å². The maximum Gasteiger partial charge on any atom is 0.259 e. The first kappa shape index (κ1) is 15.0. The minimum absolute atomic E-state index is 0.164. The molecule has 0 aliphatic heterocycles. The molecular weight excluding hydrogens is 296 g/mol. The van der Waals surface area contributed by atoms with Gasteiger partial charge in [-0.3, -0.25) is 9.78 Å². The van der Waals surface area contributed by atoms with Crippen molar-refractivity contribution in [3.8, 4) is 11.3 Å². The van der Waals surface area contributed by atoms with Crippen LogP contribution in [0.1, 0.15) is 27.6 Å². The van der Waals surface area contributed by atoms with Gasteiger partial charge < -0.3 is 13.9 Å². The molecule has 7 heteroatoms. The molecule has 1 amide bonds. The average molecular weight is 312 g/mol. The predicted molar refractivity (Wildman–Crippen MR) is 81.5 cm³/mol. The highest BCUT2D eigenvalue weighted by atomic mass is 16.5. The topological polar surface area (TPSA) is 85.3 Å². The lowest BCUT2D eigenvalue weighted by Crippen LogP contribution is -2.26. The number of carbonyl (C=O) groups is 1. The molecular formula is C16H16N4O3. The minimum atomic E-state index is -0.164. The number of aromatic nitrogens is 3. The summed E-state index contributed by atoms with van der Waals surface area (Å²) in [5, 5.41) is 7.83. The molecule has 3 aromatic rings. The Balaban J connectivity index is 1.75. The zero-order valence-corrected chi connectivity index (χ0v) is 13.1. The van der Waals surface area contributed by atoms with Crippen LogP contribution in [-0.2, 0) is 6.54 Å². The van der Waals surface area contributed by atoms with Crippen molar-refractivity contribution in [3.05, 3.63) is 53.4 Å². The van der Waals surface area contributed by atoms with Crippen LogP contribution >= 0.6 is 0 Å². The fourth-order valence-corrected chi connectivity index (χ4v) is 2.33. The zero-order valence-electron chi connectivity index (χ0n) is 13.1. The SMILES string of the molecule is Cc1noc(C)c1C(=O)N(C)Cc1cc(-c2ccncc2)no1. The normalized spacial score (nSPS) is 10.7. The molecule has 118 valence electrons. The smallest absolute Gasteiger partial charge is 0.259 e. The van der Waals surface area contributed by atoms with Crippen LogP contribution in [0.3, 0.4) is 0 Å². The van der Waals surface area contributed by atoms with Gasteiger partial charge in [-0.15, -0.1) is 0 Å². The summed E-state index contributed by atoms with van der Waals surface area (Å²) in [7, 11) is 1.70. The number of amides is 1. The van der Waals surface area contributed by atoms with Crippen molar-refractivity contribution >= 4 is 5.91 Å². The van der Waals surface area contributed by atoms with Gasteiger partial charge in [0.25, 0.3) is 5.91 Å². The monoisotopic (exact) mass is 312 g/mol. The first-order valence-corrected chi connectivity index (χ1v) is 7.10. The van der Waals surface area contributed by atoms with Crippen molar-refractivity contribution in [1.29, 1.82) is 0 Å². The van der Waals surface area contributed by atoms with Gasteiger partial charge in [-0.2, -0.15) is 0 Å². The van der Waals surface area contributed by atoms with Gasteiger partial charge in [0.15, 0.2) is 5.76 Å². The summed E-state index contributed by atoms with van der Waals surface area (Å²) in [5.41, 5.74) is 2.69. The molecule has 0 saturated heterocycles. The maximum atomic E-state index is 12.5. The third kappa shape index (κ3) is 2.98. The van der Waals surface area contributed by atoms with Crippen molar-refractivity contribution in [2.75, 3.05) is 7.05 Å². The molecule has 3 rings (SSSR count). The molecule has 0 unspecified atom stereocenters. The molecule has 0 fully saturated rings. The second kappa shape index (κ2) is 6.04. The molecule has 0 aromatic carbocycles. The summed E-state index contributed by atoms with van der Waals surface area (Å²) in [6.45, 7) is 3.77. The molecule has 0 N–H and O–H groups in total. The molecule has 23 heavy (non-hydrogen) atoms. The lowest BCUT2D eigenvalue weighted by Gasteiger charge is -2.14. The number of nitrogens with zero attached hydrogens (tertiary/aromatic N) is 4. The van der Waals surface area contributed by atoms with Gasteiger partial charge in [-0.1, -0.05) is 10.3 Å². The number of aryl methyl sites for hydroxylation is 2. The second-order valence-corrected chi connectivity index (χ2v) is 5.27.